The molecule has 0 radical (unpaired) electrons. The Morgan fingerprint density at radius 2 is 2.21 bits per heavy atom. The van der Waals surface area contributed by atoms with Crippen molar-refractivity contribution in [2.45, 2.75) is 13.0 Å². The number of allylic oxidation sites excluding steroid dienone is 1. The first-order chi connectivity index (χ1) is 6.54. The van der Waals surface area contributed by atoms with E-state index in [1.807, 2.05) is 19.1 Å². The average molecular weight is 212 g/mol. The van der Waals surface area contributed by atoms with E-state index in [4.69, 9.17) is 22.4 Å². The van der Waals surface area contributed by atoms with Gasteiger partial charge < -0.3 is 10.8 Å². The minimum absolute atomic E-state index is 0.0873. The molecule has 1 unspecified atom stereocenters. The topological polar surface area (TPSA) is 46.2 Å². The van der Waals surface area contributed by atoms with E-state index < -0.39 is 0 Å². The van der Waals surface area contributed by atoms with Crippen molar-refractivity contribution < 1.29 is 5.11 Å². The van der Waals surface area contributed by atoms with Crippen molar-refractivity contribution in [2.75, 3.05) is 6.61 Å². The molecule has 1 rings (SSSR count). The second-order valence-corrected chi connectivity index (χ2v) is 3.78. The highest BCUT2D eigenvalue weighted by Gasteiger charge is 2.07. The normalized spacial score (nSPS) is 12.6. The van der Waals surface area contributed by atoms with Crippen LogP contribution in [-0.2, 0) is 0 Å². The van der Waals surface area contributed by atoms with Crippen LogP contribution < -0.4 is 5.73 Å². The van der Waals surface area contributed by atoms with E-state index in [-0.39, 0.29) is 12.6 Å². The maximum absolute atomic E-state index is 8.92. The maximum Gasteiger partial charge on any atom is 0.0624 e. The third kappa shape index (κ3) is 2.58. The van der Waals surface area contributed by atoms with Gasteiger partial charge in [0, 0.05) is 5.02 Å². The number of nitrogens with two attached hydrogens (primary N) is 1. The molecule has 14 heavy (non-hydrogen) atoms. The van der Waals surface area contributed by atoms with Crippen molar-refractivity contribution in [3.63, 3.8) is 0 Å². The lowest BCUT2D eigenvalue weighted by molar-refractivity contribution is 0.268. The van der Waals surface area contributed by atoms with Crippen LogP contribution in [0.1, 0.15) is 24.1 Å². The Hall–Kier alpha value is -0.830. The summed E-state index contributed by atoms with van der Waals surface area (Å²) in [5.74, 6) is 0. The third-order valence-corrected chi connectivity index (χ3v) is 2.26. The number of hydrogen-bond donors (Lipinski definition) is 2. The molecule has 0 heterocycles. The zero-order valence-corrected chi connectivity index (χ0v) is 8.88. The van der Waals surface area contributed by atoms with Crippen molar-refractivity contribution in [3.05, 3.63) is 40.9 Å². The number of halogens is 1. The van der Waals surface area contributed by atoms with Crippen LogP contribution in [-0.4, -0.2) is 11.7 Å². The summed E-state index contributed by atoms with van der Waals surface area (Å²) in [6, 6.07) is 5.10. The monoisotopic (exact) mass is 211 g/mol. The van der Waals surface area contributed by atoms with E-state index in [1.54, 1.807) is 6.07 Å². The lowest BCUT2D eigenvalue weighted by atomic mass is 10.0. The van der Waals surface area contributed by atoms with E-state index in [2.05, 4.69) is 6.58 Å². The number of aliphatic hydroxyl groups excluding tert-OH is 1. The zero-order chi connectivity index (χ0) is 10.7. The molecule has 0 saturated heterocycles. The van der Waals surface area contributed by atoms with E-state index in [0.29, 0.717) is 5.02 Å². The summed E-state index contributed by atoms with van der Waals surface area (Å²) in [4.78, 5) is 0. The molecule has 0 aromatic heterocycles. The van der Waals surface area contributed by atoms with Crippen LogP contribution in [0.3, 0.4) is 0 Å². The van der Waals surface area contributed by atoms with Crippen molar-refractivity contribution in [2.24, 2.45) is 5.73 Å². The molecule has 0 aliphatic carbocycles. The average Bonchev–Trinajstić information content (AvgIpc) is 2.15. The van der Waals surface area contributed by atoms with Crippen molar-refractivity contribution >= 4 is 17.2 Å². The van der Waals surface area contributed by atoms with Crippen LogP contribution >= 0.6 is 11.6 Å². The molecule has 3 heteroatoms. The van der Waals surface area contributed by atoms with Crippen molar-refractivity contribution in [1.29, 1.82) is 0 Å². The predicted octanol–water partition coefficient (Wildman–Crippen LogP) is 2.37. The number of aliphatic hydroxyl groups is 1. The minimum Gasteiger partial charge on any atom is -0.394 e. The predicted molar refractivity (Wildman–Crippen MR) is 60.2 cm³/mol. The molecule has 0 saturated carbocycles. The van der Waals surface area contributed by atoms with E-state index >= 15 is 0 Å². The summed E-state index contributed by atoms with van der Waals surface area (Å²) in [6.07, 6.45) is 0. The third-order valence-electron chi connectivity index (χ3n) is 2.04. The van der Waals surface area contributed by atoms with E-state index in [9.17, 15) is 0 Å². The van der Waals surface area contributed by atoms with Gasteiger partial charge in [0.2, 0.25) is 0 Å². The first-order valence-corrected chi connectivity index (χ1v) is 4.75. The fourth-order valence-corrected chi connectivity index (χ4v) is 1.42. The molecule has 3 N–H and O–H groups in total. The van der Waals surface area contributed by atoms with Gasteiger partial charge in [-0.15, -0.1) is 0 Å². The highest BCUT2D eigenvalue weighted by Crippen LogP contribution is 2.22. The molecule has 1 aromatic rings. The number of benzene rings is 1. The fourth-order valence-electron chi connectivity index (χ4n) is 1.18. The molecule has 1 aromatic carbocycles. The van der Waals surface area contributed by atoms with Gasteiger partial charge in [0.15, 0.2) is 0 Å². The van der Waals surface area contributed by atoms with Crippen molar-refractivity contribution in [3.8, 4) is 0 Å². The van der Waals surface area contributed by atoms with Gasteiger partial charge >= 0.3 is 0 Å². The highest BCUT2D eigenvalue weighted by molar-refractivity contribution is 6.30. The van der Waals surface area contributed by atoms with Crippen LogP contribution in [0.4, 0.5) is 0 Å². The Morgan fingerprint density at radius 1 is 1.57 bits per heavy atom. The second kappa shape index (κ2) is 4.60. The molecule has 1 atom stereocenters. The SMILES string of the molecule is C=C(C)c1cc(Cl)cc(C(N)CO)c1. The molecule has 0 aliphatic rings. The van der Waals surface area contributed by atoms with Gasteiger partial charge in [0.25, 0.3) is 0 Å². The molecule has 0 fully saturated rings. The lowest BCUT2D eigenvalue weighted by Gasteiger charge is -2.11. The van der Waals surface area contributed by atoms with E-state index in [0.717, 1.165) is 16.7 Å². The van der Waals surface area contributed by atoms with Gasteiger partial charge in [-0.05, 0) is 36.2 Å². The molecule has 0 amide bonds. The van der Waals surface area contributed by atoms with Gasteiger partial charge in [-0.3, -0.25) is 0 Å². The Bertz CT molecular complexity index is 349. The summed E-state index contributed by atoms with van der Waals surface area (Å²) in [7, 11) is 0. The molecule has 0 spiro atoms. The molecule has 0 bridgehead atoms. The van der Waals surface area contributed by atoms with Crippen LogP contribution in [0.2, 0.25) is 5.02 Å². The van der Waals surface area contributed by atoms with E-state index in [1.165, 1.54) is 0 Å². The zero-order valence-electron chi connectivity index (χ0n) is 8.13. The summed E-state index contributed by atoms with van der Waals surface area (Å²) >= 11 is 5.92. The lowest BCUT2D eigenvalue weighted by Crippen LogP contribution is -2.14. The molecular weight excluding hydrogens is 198 g/mol. The van der Waals surface area contributed by atoms with Crippen LogP contribution in [0, 0.1) is 0 Å². The summed E-state index contributed by atoms with van der Waals surface area (Å²) in [5.41, 5.74) is 8.41. The van der Waals surface area contributed by atoms with Gasteiger partial charge in [-0.1, -0.05) is 23.8 Å². The first-order valence-electron chi connectivity index (χ1n) is 4.37. The summed E-state index contributed by atoms with van der Waals surface area (Å²) < 4.78 is 0. The number of rotatable bonds is 3. The molecule has 76 valence electrons. The summed E-state index contributed by atoms with van der Waals surface area (Å²) in [6.45, 7) is 5.65. The standard InChI is InChI=1S/C11H14ClNO/c1-7(2)8-3-9(11(13)6-14)5-10(12)4-8/h3-5,11,14H,1,6,13H2,2H3. The second-order valence-electron chi connectivity index (χ2n) is 3.34. The summed E-state index contributed by atoms with van der Waals surface area (Å²) in [5, 5.41) is 9.53. The minimum atomic E-state index is -0.383. The quantitative estimate of drug-likeness (QED) is 0.807. The number of hydrogen-bond acceptors (Lipinski definition) is 2. The molecule has 2 nitrogen and oxygen atoms in total. The Kier molecular flexibility index (Phi) is 3.69. The van der Waals surface area contributed by atoms with Crippen LogP contribution in [0.15, 0.2) is 24.8 Å². The molecule has 0 aliphatic heterocycles. The fraction of sp³-hybridized carbons (Fsp3) is 0.273. The largest absolute Gasteiger partial charge is 0.394 e. The Morgan fingerprint density at radius 3 is 2.71 bits per heavy atom. The van der Waals surface area contributed by atoms with Gasteiger partial charge in [-0.25, -0.2) is 0 Å². The van der Waals surface area contributed by atoms with Gasteiger partial charge in [0.05, 0.1) is 12.6 Å². The maximum atomic E-state index is 8.92. The first kappa shape index (κ1) is 11.2. The van der Waals surface area contributed by atoms with Crippen LogP contribution in [0.5, 0.6) is 0 Å². The van der Waals surface area contributed by atoms with Gasteiger partial charge in [-0.2, -0.15) is 0 Å². The Balaban J connectivity index is 3.13. The molecular formula is C11H14ClNO. The Labute approximate surface area is 89.0 Å². The van der Waals surface area contributed by atoms with Crippen LogP contribution in [0.25, 0.3) is 5.57 Å². The van der Waals surface area contributed by atoms with Crippen molar-refractivity contribution in [1.82, 2.24) is 0 Å². The highest BCUT2D eigenvalue weighted by atomic mass is 35.5. The smallest absolute Gasteiger partial charge is 0.0624 e. The van der Waals surface area contributed by atoms with Gasteiger partial charge in [0.1, 0.15) is 0 Å².